The van der Waals surface area contributed by atoms with Crippen molar-refractivity contribution in [2.45, 2.75) is 45.4 Å². The number of piperidine rings is 1. The molecule has 1 fully saturated rings. The third kappa shape index (κ3) is 4.97. The fourth-order valence-corrected chi connectivity index (χ4v) is 3.47. The number of hydrogen-bond donors (Lipinski definition) is 0. The van der Waals surface area contributed by atoms with Gasteiger partial charge in [0.05, 0.1) is 7.11 Å². The Morgan fingerprint density at radius 1 is 1.21 bits per heavy atom. The molecular formula is C21H27N3O4. The van der Waals surface area contributed by atoms with Gasteiger partial charge in [0.1, 0.15) is 5.75 Å². The molecule has 1 aliphatic rings. The number of amides is 1. The highest BCUT2D eigenvalue weighted by molar-refractivity contribution is 5.98. The van der Waals surface area contributed by atoms with Crippen molar-refractivity contribution in [2.24, 2.45) is 5.92 Å². The number of nitrogens with zero attached hydrogens (tertiary/aromatic N) is 3. The third-order valence-corrected chi connectivity index (χ3v) is 5.20. The molecule has 1 aromatic carbocycles. The molecule has 0 bridgehead atoms. The second kappa shape index (κ2) is 9.48. The van der Waals surface area contributed by atoms with Gasteiger partial charge >= 0.3 is 0 Å². The van der Waals surface area contributed by atoms with E-state index in [2.05, 4.69) is 10.1 Å². The van der Waals surface area contributed by atoms with E-state index < -0.39 is 0 Å². The van der Waals surface area contributed by atoms with Crippen molar-refractivity contribution >= 4 is 11.7 Å². The minimum atomic E-state index is -0.0247. The normalized spacial score (nSPS) is 14.9. The van der Waals surface area contributed by atoms with Crippen LogP contribution in [0.1, 0.15) is 54.7 Å². The third-order valence-electron chi connectivity index (χ3n) is 5.20. The van der Waals surface area contributed by atoms with Gasteiger partial charge < -0.3 is 14.2 Å². The summed E-state index contributed by atoms with van der Waals surface area (Å²) in [5.74, 6) is 2.29. The smallest absolute Gasteiger partial charge is 0.226 e. The summed E-state index contributed by atoms with van der Waals surface area (Å²) in [6.45, 7) is 3.24. The number of benzene rings is 1. The summed E-state index contributed by atoms with van der Waals surface area (Å²) >= 11 is 0. The molecule has 0 N–H and O–H groups in total. The van der Waals surface area contributed by atoms with Gasteiger partial charge in [-0.1, -0.05) is 12.1 Å². The monoisotopic (exact) mass is 385 g/mol. The lowest BCUT2D eigenvalue weighted by molar-refractivity contribution is -0.132. The van der Waals surface area contributed by atoms with Crippen molar-refractivity contribution in [3.8, 4) is 5.75 Å². The highest BCUT2D eigenvalue weighted by atomic mass is 16.5. The Labute approximate surface area is 165 Å². The standard InChI is InChI=1S/C21H27N3O4/c1-3-18-22-19(28-23-18)5-4-6-20(25)24-13-11-16(12-14-24)21(26)15-7-9-17(27-2)10-8-15/h7-10,16H,3-6,11-14H2,1-2H3. The summed E-state index contributed by atoms with van der Waals surface area (Å²) in [7, 11) is 1.61. The first kappa shape index (κ1) is 20.0. The molecular weight excluding hydrogens is 358 g/mol. The number of aryl methyl sites for hydroxylation is 2. The van der Waals surface area contributed by atoms with Crippen molar-refractivity contribution in [2.75, 3.05) is 20.2 Å². The molecule has 1 aliphatic heterocycles. The van der Waals surface area contributed by atoms with Crippen LogP contribution in [0.4, 0.5) is 0 Å². The van der Waals surface area contributed by atoms with E-state index in [1.54, 1.807) is 31.4 Å². The number of rotatable bonds is 8. The average molecular weight is 385 g/mol. The topological polar surface area (TPSA) is 85.5 Å². The largest absolute Gasteiger partial charge is 0.497 e. The second-order valence-electron chi connectivity index (χ2n) is 7.06. The molecule has 0 radical (unpaired) electrons. The van der Waals surface area contributed by atoms with Crippen LogP contribution >= 0.6 is 0 Å². The zero-order valence-electron chi connectivity index (χ0n) is 16.5. The van der Waals surface area contributed by atoms with E-state index in [9.17, 15) is 9.59 Å². The van der Waals surface area contributed by atoms with Gasteiger partial charge in [0.25, 0.3) is 0 Å². The quantitative estimate of drug-likeness (QED) is 0.649. The molecule has 28 heavy (non-hydrogen) atoms. The Bertz CT molecular complexity index is 792. The molecule has 1 amide bonds. The molecule has 3 rings (SSSR count). The molecule has 7 nitrogen and oxygen atoms in total. The molecule has 150 valence electrons. The molecule has 0 atom stereocenters. The summed E-state index contributed by atoms with van der Waals surface area (Å²) in [5.41, 5.74) is 0.705. The van der Waals surface area contributed by atoms with E-state index in [0.29, 0.717) is 62.5 Å². The first-order chi connectivity index (χ1) is 13.6. The molecule has 0 aliphatic carbocycles. The van der Waals surface area contributed by atoms with Crippen LogP contribution in [-0.4, -0.2) is 46.9 Å². The Morgan fingerprint density at radius 3 is 2.54 bits per heavy atom. The molecule has 0 unspecified atom stereocenters. The van der Waals surface area contributed by atoms with Crippen LogP contribution in [-0.2, 0) is 17.6 Å². The van der Waals surface area contributed by atoms with Gasteiger partial charge in [0.15, 0.2) is 11.6 Å². The number of ketones is 1. The fourth-order valence-electron chi connectivity index (χ4n) is 3.47. The lowest BCUT2D eigenvalue weighted by atomic mass is 9.88. The van der Waals surface area contributed by atoms with E-state index in [1.807, 2.05) is 11.8 Å². The van der Waals surface area contributed by atoms with E-state index in [4.69, 9.17) is 9.26 Å². The second-order valence-corrected chi connectivity index (χ2v) is 7.06. The van der Waals surface area contributed by atoms with Gasteiger partial charge in [-0.15, -0.1) is 0 Å². The fraction of sp³-hybridized carbons (Fsp3) is 0.524. The van der Waals surface area contributed by atoms with Crippen LogP contribution in [0.25, 0.3) is 0 Å². The zero-order valence-corrected chi connectivity index (χ0v) is 16.5. The van der Waals surface area contributed by atoms with Crippen molar-refractivity contribution in [3.63, 3.8) is 0 Å². The van der Waals surface area contributed by atoms with Crippen molar-refractivity contribution < 1.29 is 18.8 Å². The Kier molecular flexibility index (Phi) is 6.79. The lowest BCUT2D eigenvalue weighted by Crippen LogP contribution is -2.40. The summed E-state index contributed by atoms with van der Waals surface area (Å²) in [6.07, 6.45) is 3.92. The SMILES string of the molecule is CCc1noc(CCCC(=O)N2CCC(C(=O)c3ccc(OC)cc3)CC2)n1. The molecule has 7 heteroatoms. The lowest BCUT2D eigenvalue weighted by Gasteiger charge is -2.31. The predicted molar refractivity (Wildman–Crippen MR) is 103 cm³/mol. The van der Waals surface area contributed by atoms with Gasteiger partial charge in [0, 0.05) is 43.8 Å². The van der Waals surface area contributed by atoms with E-state index in [0.717, 1.165) is 12.2 Å². The highest BCUT2D eigenvalue weighted by Gasteiger charge is 2.27. The van der Waals surface area contributed by atoms with Crippen LogP contribution in [0.5, 0.6) is 5.75 Å². The van der Waals surface area contributed by atoms with Crippen molar-refractivity contribution in [1.29, 1.82) is 0 Å². The Morgan fingerprint density at radius 2 is 1.93 bits per heavy atom. The number of hydrogen-bond acceptors (Lipinski definition) is 6. The molecule has 0 spiro atoms. The summed E-state index contributed by atoms with van der Waals surface area (Å²) in [6, 6.07) is 7.22. The van der Waals surface area contributed by atoms with Gasteiger partial charge in [-0.25, -0.2) is 0 Å². The maximum Gasteiger partial charge on any atom is 0.226 e. The number of likely N-dealkylation sites (tertiary alicyclic amines) is 1. The molecule has 1 saturated heterocycles. The van der Waals surface area contributed by atoms with Crippen LogP contribution in [0.15, 0.2) is 28.8 Å². The van der Waals surface area contributed by atoms with Gasteiger partial charge in [-0.05, 0) is 43.5 Å². The summed E-state index contributed by atoms with van der Waals surface area (Å²) in [4.78, 5) is 31.2. The molecule has 2 heterocycles. The van der Waals surface area contributed by atoms with Gasteiger partial charge in [-0.2, -0.15) is 4.98 Å². The Hall–Kier alpha value is -2.70. The highest BCUT2D eigenvalue weighted by Crippen LogP contribution is 2.23. The number of carbonyl (C=O) groups is 2. The number of ether oxygens (including phenoxy) is 1. The van der Waals surface area contributed by atoms with Crippen LogP contribution in [0.2, 0.25) is 0 Å². The zero-order chi connectivity index (χ0) is 19.9. The van der Waals surface area contributed by atoms with E-state index in [-0.39, 0.29) is 17.6 Å². The maximum atomic E-state index is 12.7. The molecule has 0 saturated carbocycles. The van der Waals surface area contributed by atoms with Crippen molar-refractivity contribution in [3.05, 3.63) is 41.5 Å². The van der Waals surface area contributed by atoms with E-state index >= 15 is 0 Å². The van der Waals surface area contributed by atoms with E-state index in [1.165, 1.54) is 0 Å². The minimum Gasteiger partial charge on any atom is -0.497 e. The Balaban J connectivity index is 1.42. The van der Waals surface area contributed by atoms with Crippen LogP contribution < -0.4 is 4.74 Å². The summed E-state index contributed by atoms with van der Waals surface area (Å²) < 4.78 is 10.3. The number of methoxy groups -OCH3 is 1. The number of aromatic nitrogens is 2. The van der Waals surface area contributed by atoms with Gasteiger partial charge in [0.2, 0.25) is 11.8 Å². The number of carbonyl (C=O) groups excluding carboxylic acids is 2. The first-order valence-electron chi connectivity index (χ1n) is 9.88. The first-order valence-corrected chi connectivity index (χ1v) is 9.88. The summed E-state index contributed by atoms with van der Waals surface area (Å²) in [5, 5.41) is 3.86. The molecule has 2 aromatic rings. The van der Waals surface area contributed by atoms with Gasteiger partial charge in [-0.3, -0.25) is 9.59 Å². The predicted octanol–water partition coefficient (Wildman–Crippen LogP) is 3.08. The maximum absolute atomic E-state index is 12.7. The van der Waals surface area contributed by atoms with Crippen LogP contribution in [0, 0.1) is 5.92 Å². The molecule has 1 aromatic heterocycles. The minimum absolute atomic E-state index is 0.0247. The average Bonchev–Trinajstić information content (AvgIpc) is 3.21. The van der Waals surface area contributed by atoms with Crippen molar-refractivity contribution in [1.82, 2.24) is 15.0 Å². The number of Topliss-reactive ketones (excluding diaryl/α,β-unsaturated/α-hetero) is 1. The van der Waals surface area contributed by atoms with Crippen LogP contribution in [0.3, 0.4) is 0 Å².